The zero-order valence-corrected chi connectivity index (χ0v) is 15.5. The fraction of sp³-hybridized carbons (Fsp3) is 0. The maximum absolute atomic E-state index is 12.7. The summed E-state index contributed by atoms with van der Waals surface area (Å²) < 4.78 is 0. The number of benzene rings is 4. The third-order valence-corrected chi connectivity index (χ3v) is 4.78. The molecule has 0 aliphatic heterocycles. The number of carbonyl (C=O) groups excluding carboxylic acids is 1. The molecule has 30 heavy (non-hydrogen) atoms. The highest BCUT2D eigenvalue weighted by Crippen LogP contribution is 2.31. The van der Waals surface area contributed by atoms with Gasteiger partial charge in [0.15, 0.2) is 0 Å². The minimum Gasteiger partial charge on any atom is -0.478 e. The van der Waals surface area contributed by atoms with E-state index in [1.165, 1.54) is 0 Å². The average molecular weight is 400 g/mol. The first-order valence-electron chi connectivity index (χ1n) is 9.04. The summed E-state index contributed by atoms with van der Waals surface area (Å²) in [4.78, 5) is 36.1. The van der Waals surface area contributed by atoms with Crippen molar-refractivity contribution in [3.63, 3.8) is 0 Å². The van der Waals surface area contributed by atoms with Crippen molar-refractivity contribution in [1.29, 1.82) is 0 Å². The van der Waals surface area contributed by atoms with Crippen molar-refractivity contribution in [2.24, 2.45) is 0 Å². The number of hydrogen-bond donors (Lipinski definition) is 4. The van der Waals surface area contributed by atoms with E-state index in [9.17, 15) is 24.6 Å². The molecule has 0 atom stereocenters. The van der Waals surface area contributed by atoms with Gasteiger partial charge in [0.2, 0.25) is 0 Å². The second-order valence-electron chi connectivity index (χ2n) is 6.61. The zero-order chi connectivity index (χ0) is 21.3. The van der Waals surface area contributed by atoms with E-state index in [0.717, 1.165) is 16.8 Å². The first kappa shape index (κ1) is 18.9. The summed E-state index contributed by atoms with van der Waals surface area (Å²) in [5.41, 5.74) is 0.136. The molecule has 0 aromatic heterocycles. The molecule has 4 N–H and O–H groups in total. The van der Waals surface area contributed by atoms with Crippen LogP contribution in [0, 0.1) is 0 Å². The lowest BCUT2D eigenvalue weighted by atomic mass is 9.98. The van der Waals surface area contributed by atoms with Gasteiger partial charge in [0.25, 0.3) is 0 Å². The first-order valence-corrected chi connectivity index (χ1v) is 9.04. The number of hydrogen-bond acceptors (Lipinski definition) is 3. The third-order valence-electron chi connectivity index (χ3n) is 4.78. The molecule has 4 aromatic carbocycles. The second-order valence-corrected chi connectivity index (χ2v) is 6.61. The number of carbonyl (C=O) groups is 3. The largest absolute Gasteiger partial charge is 0.478 e. The van der Waals surface area contributed by atoms with Gasteiger partial charge in [0, 0.05) is 10.8 Å². The van der Waals surface area contributed by atoms with Gasteiger partial charge in [-0.25, -0.2) is 14.4 Å². The van der Waals surface area contributed by atoms with Gasteiger partial charge in [-0.05, 0) is 22.9 Å². The Balaban J connectivity index is 1.77. The van der Waals surface area contributed by atoms with Crippen molar-refractivity contribution in [1.82, 2.24) is 0 Å². The monoisotopic (exact) mass is 400 g/mol. The average Bonchev–Trinajstić information content (AvgIpc) is 2.73. The highest BCUT2D eigenvalue weighted by atomic mass is 16.4. The van der Waals surface area contributed by atoms with Crippen LogP contribution < -0.4 is 10.6 Å². The van der Waals surface area contributed by atoms with E-state index >= 15 is 0 Å². The van der Waals surface area contributed by atoms with Gasteiger partial charge in [-0.2, -0.15) is 0 Å². The molecule has 0 fully saturated rings. The van der Waals surface area contributed by atoms with Gasteiger partial charge in [0.1, 0.15) is 0 Å². The molecule has 0 unspecified atom stereocenters. The first-order chi connectivity index (χ1) is 14.5. The topological polar surface area (TPSA) is 116 Å². The molecule has 0 bridgehead atoms. The van der Waals surface area contributed by atoms with Crippen molar-refractivity contribution in [3.8, 4) is 0 Å². The number of anilines is 2. The summed E-state index contributed by atoms with van der Waals surface area (Å²) in [6.07, 6.45) is 0. The van der Waals surface area contributed by atoms with Crippen molar-refractivity contribution in [2.75, 3.05) is 10.6 Å². The van der Waals surface area contributed by atoms with Crippen molar-refractivity contribution >= 4 is 50.9 Å². The minimum absolute atomic E-state index is 0.0286. The van der Waals surface area contributed by atoms with E-state index in [4.69, 9.17) is 0 Å². The molecular formula is C23H16N2O5. The van der Waals surface area contributed by atoms with Crippen molar-refractivity contribution in [2.45, 2.75) is 0 Å². The molecule has 4 aromatic rings. The Labute approximate surface area is 170 Å². The van der Waals surface area contributed by atoms with Crippen LogP contribution in [0.4, 0.5) is 16.2 Å². The van der Waals surface area contributed by atoms with Gasteiger partial charge < -0.3 is 20.8 Å². The van der Waals surface area contributed by atoms with Crippen LogP contribution in [0.3, 0.4) is 0 Å². The van der Waals surface area contributed by atoms with Gasteiger partial charge >= 0.3 is 18.0 Å². The number of fused-ring (bicyclic) bond motifs is 2. The van der Waals surface area contributed by atoms with E-state index in [1.54, 1.807) is 36.4 Å². The maximum Gasteiger partial charge on any atom is 0.337 e. The molecule has 0 heterocycles. The molecule has 0 aliphatic carbocycles. The van der Waals surface area contributed by atoms with E-state index in [0.29, 0.717) is 16.5 Å². The molecule has 0 spiro atoms. The summed E-state index contributed by atoms with van der Waals surface area (Å²) in [7, 11) is 0. The van der Waals surface area contributed by atoms with Gasteiger partial charge in [-0.1, -0.05) is 60.7 Å². The lowest BCUT2D eigenvalue weighted by molar-refractivity contribution is 0.0697. The van der Waals surface area contributed by atoms with E-state index < -0.39 is 18.0 Å². The zero-order valence-electron chi connectivity index (χ0n) is 15.5. The Morgan fingerprint density at radius 3 is 1.93 bits per heavy atom. The normalized spacial score (nSPS) is 10.7. The fourth-order valence-corrected chi connectivity index (χ4v) is 3.46. The number of amides is 2. The molecular weight excluding hydrogens is 384 g/mol. The van der Waals surface area contributed by atoms with Gasteiger partial charge in [0.05, 0.1) is 22.5 Å². The van der Waals surface area contributed by atoms with Crippen LogP contribution in [0.5, 0.6) is 0 Å². The van der Waals surface area contributed by atoms with E-state index in [2.05, 4.69) is 10.6 Å². The maximum atomic E-state index is 12.7. The van der Waals surface area contributed by atoms with Gasteiger partial charge in [-0.15, -0.1) is 0 Å². The molecule has 148 valence electrons. The molecule has 0 aliphatic rings. The SMILES string of the molecule is O=C(Nc1cccc2ccccc12)Nc1c(C(=O)O)cc(C(=O)O)c2ccccc12. The number of nitrogens with one attached hydrogen (secondary N) is 2. The Morgan fingerprint density at radius 1 is 0.633 bits per heavy atom. The summed E-state index contributed by atoms with van der Waals surface area (Å²) in [5, 5.41) is 26.8. The lowest BCUT2D eigenvalue weighted by Gasteiger charge is -2.15. The van der Waals surface area contributed by atoms with E-state index in [1.807, 2.05) is 30.3 Å². The van der Waals surface area contributed by atoms with Crippen LogP contribution in [0.15, 0.2) is 72.8 Å². The van der Waals surface area contributed by atoms with Crippen molar-refractivity contribution in [3.05, 3.63) is 83.9 Å². The predicted molar refractivity (Wildman–Crippen MR) is 114 cm³/mol. The van der Waals surface area contributed by atoms with Crippen LogP contribution in [-0.2, 0) is 0 Å². The Hall–Kier alpha value is -4.39. The number of carboxylic acids is 2. The second kappa shape index (κ2) is 7.56. The number of aromatic carboxylic acids is 2. The summed E-state index contributed by atoms with van der Waals surface area (Å²) in [6.45, 7) is 0. The standard InChI is InChI=1S/C23H16N2O5/c26-21(27)17-12-18(22(28)29)20(16-10-4-3-9-15(16)17)25-23(30)24-19-11-5-7-13-6-1-2-8-14(13)19/h1-12H,(H,26,27)(H,28,29)(H2,24,25,30). The molecule has 0 saturated carbocycles. The van der Waals surface area contributed by atoms with Gasteiger partial charge in [-0.3, -0.25) is 0 Å². The molecule has 4 rings (SSSR count). The molecule has 7 heteroatoms. The van der Waals surface area contributed by atoms with Crippen LogP contribution in [0.2, 0.25) is 0 Å². The highest BCUT2D eigenvalue weighted by Gasteiger charge is 2.21. The molecule has 0 radical (unpaired) electrons. The molecule has 2 amide bonds. The van der Waals surface area contributed by atoms with E-state index in [-0.39, 0.29) is 16.8 Å². The molecule has 0 saturated heterocycles. The third kappa shape index (κ3) is 3.40. The Bertz CT molecular complexity index is 1320. The lowest BCUT2D eigenvalue weighted by Crippen LogP contribution is -2.22. The number of urea groups is 1. The van der Waals surface area contributed by atoms with Crippen LogP contribution in [-0.4, -0.2) is 28.2 Å². The number of carboxylic acid groups (broad SMARTS) is 2. The summed E-state index contributed by atoms with van der Waals surface area (Å²) in [5.74, 6) is -2.59. The predicted octanol–water partition coefficient (Wildman–Crippen LogP) is 5.03. The quantitative estimate of drug-likeness (QED) is 0.383. The Morgan fingerprint density at radius 2 is 1.23 bits per heavy atom. The summed E-state index contributed by atoms with van der Waals surface area (Å²) in [6, 6.07) is 19.8. The van der Waals surface area contributed by atoms with Crippen LogP contribution in [0.1, 0.15) is 20.7 Å². The van der Waals surface area contributed by atoms with Crippen molar-refractivity contribution < 1.29 is 24.6 Å². The molecule has 7 nitrogen and oxygen atoms in total. The highest BCUT2D eigenvalue weighted by molar-refractivity contribution is 6.17. The summed E-state index contributed by atoms with van der Waals surface area (Å²) >= 11 is 0. The van der Waals surface area contributed by atoms with Crippen LogP contribution >= 0.6 is 0 Å². The van der Waals surface area contributed by atoms with Crippen LogP contribution in [0.25, 0.3) is 21.5 Å². The smallest absolute Gasteiger partial charge is 0.337 e. The minimum atomic E-state index is -1.34. The Kier molecular flexibility index (Phi) is 4.77. The fourth-order valence-electron chi connectivity index (χ4n) is 3.46. The number of rotatable bonds is 4.